The van der Waals surface area contributed by atoms with Gasteiger partial charge < -0.3 is 0 Å². The second-order valence-electron chi connectivity index (χ2n) is 2.54. The Morgan fingerprint density at radius 3 is 2.36 bits per heavy atom. The van der Waals surface area contributed by atoms with E-state index in [9.17, 15) is 13.9 Å². The van der Waals surface area contributed by atoms with Crippen molar-refractivity contribution in [2.24, 2.45) is 0 Å². The summed E-state index contributed by atoms with van der Waals surface area (Å²) in [4.78, 5) is 9.60. The molecule has 0 fully saturated rings. The minimum atomic E-state index is -5.00. The Bertz CT molecular complexity index is 426. The molecule has 1 aromatic rings. The summed E-state index contributed by atoms with van der Waals surface area (Å²) in [5.41, 5.74) is 4.63. The van der Waals surface area contributed by atoms with Gasteiger partial charge in [0.2, 0.25) is 0 Å². The first-order valence-corrected chi connectivity index (χ1v) is 6.80. The average molecular weight is 262 g/mol. The fourth-order valence-electron chi connectivity index (χ4n) is 0.889. The molecule has 0 bridgehead atoms. The molecule has 0 aliphatic rings. The van der Waals surface area contributed by atoms with Gasteiger partial charge in [0.1, 0.15) is 0 Å². The van der Waals surface area contributed by atoms with E-state index >= 15 is 0 Å². The summed E-state index contributed by atoms with van der Waals surface area (Å²) in [5.74, 6) is 0. The molecule has 8 heteroatoms. The topological polar surface area (TPSA) is 127 Å². The van der Waals surface area contributed by atoms with Gasteiger partial charge in [0.05, 0.1) is 0 Å². The number of nitrogen functional groups attached to an aromatic ring is 1. The number of hydrogen-bond donors (Lipinski definition) is 3. The molecule has 0 aliphatic heterocycles. The van der Waals surface area contributed by atoms with Gasteiger partial charge >= 0.3 is 80.8 Å². The first-order valence-electron chi connectivity index (χ1n) is 3.42. The van der Waals surface area contributed by atoms with E-state index in [4.69, 9.17) is 13.9 Å². The number of anilines is 1. The first-order chi connectivity index (χ1) is 6.32. The molecule has 0 saturated heterocycles. The second kappa shape index (κ2) is 3.45. The molecular weight excluding hydrogens is 255 g/mol. The van der Waals surface area contributed by atoms with Crippen molar-refractivity contribution in [2.75, 3.05) is 5.73 Å². The summed E-state index contributed by atoms with van der Waals surface area (Å²) >= 11 is -5.00. The number of hydrogen-bond acceptors (Lipinski definition) is 4. The third kappa shape index (κ3) is 2.14. The van der Waals surface area contributed by atoms with Crippen LogP contribution in [0.2, 0.25) is 0 Å². The number of rotatable bonds is 2. The van der Waals surface area contributed by atoms with Gasteiger partial charge in [-0.3, -0.25) is 0 Å². The summed E-state index contributed by atoms with van der Waals surface area (Å²) in [6.07, 6.45) is 0. The molecule has 76 valence electrons. The van der Waals surface area contributed by atoms with Gasteiger partial charge in [0, 0.05) is 0 Å². The van der Waals surface area contributed by atoms with Gasteiger partial charge in [-0.15, -0.1) is 0 Å². The van der Waals surface area contributed by atoms with E-state index in [0.29, 0.717) is 0 Å². The van der Waals surface area contributed by atoms with Crippen molar-refractivity contribution in [1.29, 1.82) is 0 Å². The van der Waals surface area contributed by atoms with Gasteiger partial charge in [0.25, 0.3) is 0 Å². The van der Waals surface area contributed by atoms with Crippen LogP contribution in [-0.4, -0.2) is 27.3 Å². The second-order valence-corrected chi connectivity index (χ2v) is 5.91. The maximum absolute atomic E-state index is 10.8. The quantitative estimate of drug-likeness (QED) is 0.264. The van der Waals surface area contributed by atoms with Crippen molar-refractivity contribution in [3.8, 4) is 0 Å². The molecule has 0 atom stereocenters. The Labute approximate surface area is 81.3 Å². The number of nitrogens with two attached hydrogens (primary N) is 1. The molecule has 0 aromatic heterocycles. The van der Waals surface area contributed by atoms with Crippen LogP contribution in [-0.2, 0) is 3.74 Å². The van der Waals surface area contributed by atoms with E-state index in [1.165, 1.54) is 0 Å². The summed E-state index contributed by atoms with van der Waals surface area (Å²) < 4.78 is 28.1. The zero-order valence-electron chi connectivity index (χ0n) is 6.82. The van der Waals surface area contributed by atoms with Crippen LogP contribution in [0.3, 0.4) is 0 Å². The van der Waals surface area contributed by atoms with E-state index in [2.05, 4.69) is 0 Å². The van der Waals surface area contributed by atoms with E-state index in [1.807, 2.05) is 0 Å². The molecule has 4 N–H and O–H groups in total. The van der Waals surface area contributed by atoms with Crippen molar-refractivity contribution >= 4 is 29.9 Å². The normalized spacial score (nSPS) is 11.3. The number of nitro benzene ring substituents is 1. The number of nitro groups is 1. The predicted molar refractivity (Wildman–Crippen MR) is 48.0 cm³/mol. The van der Waals surface area contributed by atoms with Crippen LogP contribution in [0.15, 0.2) is 18.2 Å². The van der Waals surface area contributed by atoms with Crippen molar-refractivity contribution in [1.82, 2.24) is 0 Å². The fraction of sp³-hybridized carbons (Fsp3) is 0. The van der Waals surface area contributed by atoms with Crippen LogP contribution >= 0.6 is 0 Å². The van der Waals surface area contributed by atoms with Crippen molar-refractivity contribution in [3.05, 3.63) is 28.3 Å². The average Bonchev–Trinajstić information content (AvgIpc) is 2.01. The molecule has 7 nitrogen and oxygen atoms in total. The van der Waals surface area contributed by atoms with Crippen LogP contribution < -0.4 is 10.1 Å². The Morgan fingerprint density at radius 2 is 2.00 bits per heavy atom. The molecule has 1 aromatic carbocycles. The third-order valence-electron chi connectivity index (χ3n) is 1.54. The van der Waals surface area contributed by atoms with E-state index in [-0.39, 0.29) is 15.7 Å². The molecule has 0 unspecified atom stereocenters. The monoisotopic (exact) mass is 262 g/mol. The van der Waals surface area contributed by atoms with Crippen LogP contribution in [0.4, 0.5) is 11.4 Å². The standard InChI is InChI=1S/C6H7AsN2O5/c8-5-3-4(7(10,11)12)1-2-6(5)9(13)14/h1-3H,8H2,(H2,10,11,12). The van der Waals surface area contributed by atoms with Crippen molar-refractivity contribution in [3.63, 3.8) is 0 Å². The Morgan fingerprint density at radius 1 is 1.43 bits per heavy atom. The maximum atomic E-state index is 10.8. The zero-order chi connectivity index (χ0) is 10.9. The molecule has 0 amide bonds. The Balaban J connectivity index is 3.27. The summed E-state index contributed by atoms with van der Waals surface area (Å²) in [6.45, 7) is 0. The molecular formula is C6H7AsN2O5. The number of nitrogens with zero attached hydrogens (tertiary/aromatic N) is 1. The van der Waals surface area contributed by atoms with Gasteiger partial charge in [-0.2, -0.15) is 0 Å². The molecule has 0 heterocycles. The van der Waals surface area contributed by atoms with E-state index in [1.54, 1.807) is 0 Å². The fourth-order valence-corrected chi connectivity index (χ4v) is 2.10. The summed E-state index contributed by atoms with van der Waals surface area (Å²) in [7, 11) is 0. The Hall–Kier alpha value is -1.30. The van der Waals surface area contributed by atoms with Crippen LogP contribution in [0, 0.1) is 10.1 Å². The van der Waals surface area contributed by atoms with Gasteiger partial charge in [-0.1, -0.05) is 0 Å². The van der Waals surface area contributed by atoms with Gasteiger partial charge in [-0.25, -0.2) is 0 Å². The van der Waals surface area contributed by atoms with E-state index < -0.39 is 19.1 Å². The van der Waals surface area contributed by atoms with Crippen LogP contribution in [0.1, 0.15) is 0 Å². The number of benzene rings is 1. The Kier molecular flexibility index (Phi) is 2.66. The minimum absolute atomic E-state index is 0.253. The molecule has 0 spiro atoms. The molecule has 14 heavy (non-hydrogen) atoms. The first kappa shape index (κ1) is 10.8. The molecule has 1 rings (SSSR count). The SMILES string of the molecule is Nc1cc([As](=O)(O)O)ccc1[N+](=O)[O-]. The van der Waals surface area contributed by atoms with Crippen molar-refractivity contribution < 1.29 is 16.9 Å². The summed E-state index contributed by atoms with van der Waals surface area (Å²) in [5, 5.41) is 10.3. The van der Waals surface area contributed by atoms with Crippen molar-refractivity contribution in [2.45, 2.75) is 0 Å². The van der Waals surface area contributed by atoms with Gasteiger partial charge in [0.15, 0.2) is 0 Å². The van der Waals surface area contributed by atoms with Gasteiger partial charge in [-0.05, 0) is 0 Å². The molecule has 0 radical (unpaired) electrons. The van der Waals surface area contributed by atoms with Crippen LogP contribution in [0.25, 0.3) is 0 Å². The summed E-state index contributed by atoms with van der Waals surface area (Å²) in [6, 6.07) is 2.91. The third-order valence-corrected chi connectivity index (χ3v) is 3.54. The molecule has 0 aliphatic carbocycles. The predicted octanol–water partition coefficient (Wildman–Crippen LogP) is -1.26. The van der Waals surface area contributed by atoms with Crippen LogP contribution in [0.5, 0.6) is 0 Å². The molecule has 0 saturated carbocycles. The van der Waals surface area contributed by atoms with E-state index in [0.717, 1.165) is 18.2 Å². The zero-order valence-corrected chi connectivity index (χ0v) is 8.70.